The van der Waals surface area contributed by atoms with E-state index in [0.717, 1.165) is 31.1 Å². The number of β-amino-alcohol motifs (C(OH)–C–C–N with tert-alkyl or cyclic N) is 1. The van der Waals surface area contributed by atoms with Crippen molar-refractivity contribution in [1.29, 1.82) is 0 Å². The first-order chi connectivity index (χ1) is 10.1. The molecular formula is C18H28N2O. The highest BCUT2D eigenvalue weighted by Crippen LogP contribution is 2.37. The zero-order valence-electron chi connectivity index (χ0n) is 13.3. The van der Waals surface area contributed by atoms with Gasteiger partial charge in [0.1, 0.15) is 5.60 Å². The summed E-state index contributed by atoms with van der Waals surface area (Å²) in [6, 6.07) is 10.2. The third kappa shape index (κ3) is 3.15. The van der Waals surface area contributed by atoms with Crippen LogP contribution in [0, 0.1) is 11.8 Å². The van der Waals surface area contributed by atoms with Crippen molar-refractivity contribution in [1.82, 2.24) is 9.80 Å². The summed E-state index contributed by atoms with van der Waals surface area (Å²) < 4.78 is 0. The summed E-state index contributed by atoms with van der Waals surface area (Å²) in [6.07, 6.45) is 2.60. The van der Waals surface area contributed by atoms with Crippen molar-refractivity contribution in [3.63, 3.8) is 0 Å². The van der Waals surface area contributed by atoms with Crippen molar-refractivity contribution < 1.29 is 5.11 Å². The molecule has 0 radical (unpaired) electrons. The molecule has 1 aromatic carbocycles. The van der Waals surface area contributed by atoms with Crippen LogP contribution in [-0.2, 0) is 5.60 Å². The molecule has 3 rings (SSSR count). The summed E-state index contributed by atoms with van der Waals surface area (Å²) in [7, 11) is 2.12. The van der Waals surface area contributed by atoms with E-state index in [1.807, 2.05) is 18.2 Å². The van der Waals surface area contributed by atoms with Crippen LogP contribution in [0.1, 0.15) is 25.3 Å². The number of hydrogen-bond donors (Lipinski definition) is 1. The Morgan fingerprint density at radius 1 is 1.19 bits per heavy atom. The van der Waals surface area contributed by atoms with Gasteiger partial charge < -0.3 is 14.9 Å². The second-order valence-electron chi connectivity index (χ2n) is 7.17. The zero-order valence-corrected chi connectivity index (χ0v) is 13.3. The first-order valence-electron chi connectivity index (χ1n) is 8.27. The van der Waals surface area contributed by atoms with Crippen molar-refractivity contribution in [3.8, 4) is 0 Å². The van der Waals surface area contributed by atoms with Crippen molar-refractivity contribution in [2.75, 3.05) is 39.8 Å². The molecule has 2 saturated heterocycles. The predicted octanol–water partition coefficient (Wildman–Crippen LogP) is 2.17. The van der Waals surface area contributed by atoms with Gasteiger partial charge in [-0.3, -0.25) is 0 Å². The van der Waals surface area contributed by atoms with Gasteiger partial charge in [0.15, 0.2) is 0 Å². The molecule has 116 valence electrons. The molecule has 2 aliphatic heterocycles. The Hall–Kier alpha value is -0.900. The Bertz CT molecular complexity index is 456. The lowest BCUT2D eigenvalue weighted by atomic mass is 9.83. The van der Waals surface area contributed by atoms with Gasteiger partial charge in [-0.25, -0.2) is 0 Å². The van der Waals surface area contributed by atoms with E-state index in [4.69, 9.17) is 0 Å². The molecule has 2 heterocycles. The first-order valence-corrected chi connectivity index (χ1v) is 8.27. The molecule has 0 amide bonds. The fourth-order valence-electron chi connectivity index (χ4n) is 3.95. The van der Waals surface area contributed by atoms with E-state index in [2.05, 4.69) is 35.9 Å². The zero-order chi connectivity index (χ0) is 14.9. The lowest BCUT2D eigenvalue weighted by Gasteiger charge is -2.36. The largest absolute Gasteiger partial charge is 0.383 e. The van der Waals surface area contributed by atoms with Crippen molar-refractivity contribution in [2.45, 2.75) is 25.4 Å². The standard InChI is InChI=1S/C18H28N2O/c1-15-8-10-20(11-9-15)13-17-12-19(2)14-18(17,21)16-6-4-3-5-7-16/h3-7,15,17,21H,8-14H2,1-2H3. The van der Waals surface area contributed by atoms with E-state index in [-0.39, 0.29) is 0 Å². The molecule has 2 fully saturated rings. The maximum atomic E-state index is 11.3. The minimum absolute atomic E-state index is 0.304. The molecule has 0 aromatic heterocycles. The number of likely N-dealkylation sites (tertiary alicyclic amines) is 2. The second kappa shape index (κ2) is 6.07. The van der Waals surface area contributed by atoms with Gasteiger partial charge in [0.25, 0.3) is 0 Å². The minimum atomic E-state index is -0.695. The van der Waals surface area contributed by atoms with E-state index in [0.29, 0.717) is 5.92 Å². The summed E-state index contributed by atoms with van der Waals surface area (Å²) in [6.45, 7) is 7.46. The molecular weight excluding hydrogens is 260 g/mol. The maximum absolute atomic E-state index is 11.3. The number of nitrogens with zero attached hydrogens (tertiary/aromatic N) is 2. The molecule has 0 aliphatic carbocycles. The van der Waals surface area contributed by atoms with E-state index in [9.17, 15) is 5.11 Å². The number of hydrogen-bond acceptors (Lipinski definition) is 3. The molecule has 1 aromatic rings. The molecule has 0 bridgehead atoms. The Balaban J connectivity index is 1.73. The van der Waals surface area contributed by atoms with Crippen molar-refractivity contribution in [2.24, 2.45) is 11.8 Å². The average molecular weight is 288 g/mol. The van der Waals surface area contributed by atoms with Crippen LogP contribution in [0.2, 0.25) is 0 Å². The van der Waals surface area contributed by atoms with Crippen LogP contribution in [0.15, 0.2) is 30.3 Å². The van der Waals surface area contributed by atoms with E-state index >= 15 is 0 Å². The van der Waals surface area contributed by atoms with Gasteiger partial charge in [0, 0.05) is 25.6 Å². The Morgan fingerprint density at radius 3 is 2.52 bits per heavy atom. The van der Waals surface area contributed by atoms with Gasteiger partial charge in [-0.15, -0.1) is 0 Å². The monoisotopic (exact) mass is 288 g/mol. The maximum Gasteiger partial charge on any atom is 0.107 e. The van der Waals surface area contributed by atoms with E-state index in [1.165, 1.54) is 25.9 Å². The highest BCUT2D eigenvalue weighted by molar-refractivity contribution is 5.25. The van der Waals surface area contributed by atoms with E-state index in [1.54, 1.807) is 0 Å². The van der Waals surface area contributed by atoms with Gasteiger partial charge >= 0.3 is 0 Å². The Kier molecular flexibility index (Phi) is 4.34. The topological polar surface area (TPSA) is 26.7 Å². The third-order valence-electron chi connectivity index (χ3n) is 5.35. The lowest BCUT2D eigenvalue weighted by molar-refractivity contribution is -0.00774. The second-order valence-corrected chi connectivity index (χ2v) is 7.17. The fraction of sp³-hybridized carbons (Fsp3) is 0.667. The Morgan fingerprint density at radius 2 is 1.86 bits per heavy atom. The van der Waals surface area contributed by atoms with E-state index < -0.39 is 5.60 Å². The van der Waals surface area contributed by atoms with Gasteiger partial charge in [-0.2, -0.15) is 0 Å². The molecule has 0 saturated carbocycles. The van der Waals surface area contributed by atoms with Crippen LogP contribution in [0.5, 0.6) is 0 Å². The summed E-state index contributed by atoms with van der Waals surface area (Å²) in [5.74, 6) is 1.17. The smallest absolute Gasteiger partial charge is 0.107 e. The predicted molar refractivity (Wildman–Crippen MR) is 86.2 cm³/mol. The molecule has 2 aliphatic rings. The van der Waals surface area contributed by atoms with Crippen molar-refractivity contribution in [3.05, 3.63) is 35.9 Å². The van der Waals surface area contributed by atoms with Gasteiger partial charge in [-0.05, 0) is 44.5 Å². The average Bonchev–Trinajstić information content (AvgIpc) is 2.78. The highest BCUT2D eigenvalue weighted by atomic mass is 16.3. The van der Waals surface area contributed by atoms with Gasteiger partial charge in [0.05, 0.1) is 0 Å². The normalized spacial score (nSPS) is 32.6. The van der Waals surface area contributed by atoms with Crippen molar-refractivity contribution >= 4 is 0 Å². The summed E-state index contributed by atoms with van der Waals surface area (Å²) in [4.78, 5) is 4.82. The quantitative estimate of drug-likeness (QED) is 0.923. The first kappa shape index (κ1) is 15.0. The Labute approximate surface area is 128 Å². The molecule has 21 heavy (non-hydrogen) atoms. The molecule has 2 atom stereocenters. The SMILES string of the molecule is CC1CCN(CC2CN(C)CC2(O)c2ccccc2)CC1. The minimum Gasteiger partial charge on any atom is -0.383 e. The van der Waals surface area contributed by atoms with Crippen LogP contribution >= 0.6 is 0 Å². The number of benzene rings is 1. The summed E-state index contributed by atoms with van der Waals surface area (Å²) >= 11 is 0. The van der Waals surface area contributed by atoms with Crippen LogP contribution < -0.4 is 0 Å². The molecule has 2 unspecified atom stereocenters. The molecule has 0 spiro atoms. The van der Waals surface area contributed by atoms with Crippen LogP contribution in [0.3, 0.4) is 0 Å². The highest BCUT2D eigenvalue weighted by Gasteiger charge is 2.45. The number of likely N-dealkylation sites (N-methyl/N-ethyl adjacent to an activating group) is 1. The molecule has 3 heteroatoms. The molecule has 1 N–H and O–H groups in total. The number of piperidine rings is 1. The summed E-state index contributed by atoms with van der Waals surface area (Å²) in [5, 5.41) is 11.3. The third-order valence-corrected chi connectivity index (χ3v) is 5.35. The van der Waals surface area contributed by atoms with Crippen LogP contribution in [0.4, 0.5) is 0 Å². The fourth-order valence-corrected chi connectivity index (χ4v) is 3.95. The van der Waals surface area contributed by atoms with Crippen LogP contribution in [0.25, 0.3) is 0 Å². The lowest BCUT2D eigenvalue weighted by Crippen LogP contribution is -2.44. The van der Waals surface area contributed by atoms with Gasteiger partial charge in [0.2, 0.25) is 0 Å². The number of aliphatic hydroxyl groups is 1. The number of rotatable bonds is 3. The van der Waals surface area contributed by atoms with Crippen LogP contribution in [-0.4, -0.2) is 54.7 Å². The molecule has 3 nitrogen and oxygen atoms in total. The van der Waals surface area contributed by atoms with Gasteiger partial charge in [-0.1, -0.05) is 37.3 Å². The summed E-state index contributed by atoms with van der Waals surface area (Å²) in [5.41, 5.74) is 0.378.